The van der Waals surface area contributed by atoms with Crippen molar-refractivity contribution in [3.8, 4) is 0 Å². The third kappa shape index (κ3) is 2.53. The molecule has 1 aliphatic heterocycles. The fourth-order valence-corrected chi connectivity index (χ4v) is 2.12. The zero-order valence-corrected chi connectivity index (χ0v) is 10.2. The summed E-state index contributed by atoms with van der Waals surface area (Å²) in [4.78, 5) is 0. The van der Waals surface area contributed by atoms with Gasteiger partial charge in [-0.3, -0.25) is 0 Å². The normalized spacial score (nSPS) is 39.9. The third-order valence-electron chi connectivity index (χ3n) is 2.94. The van der Waals surface area contributed by atoms with Crippen molar-refractivity contribution < 1.29 is 24.1 Å². The second kappa shape index (κ2) is 6.48. The number of hydrogen-bond acceptors (Lipinski definition) is 6. The second-order valence-electron chi connectivity index (χ2n) is 3.68. The Labute approximate surface area is 95.8 Å². The lowest BCUT2D eigenvalue weighted by Crippen LogP contribution is -2.64. The first-order chi connectivity index (χ1) is 7.73. The SMILES string of the molecule is CNC1[C@H](OC)OC(CO)[C@H](OC)[C@@H]1OC. The van der Waals surface area contributed by atoms with E-state index in [1.807, 2.05) is 0 Å². The van der Waals surface area contributed by atoms with Crippen LogP contribution in [0.4, 0.5) is 0 Å². The molecule has 16 heavy (non-hydrogen) atoms. The molecule has 0 saturated carbocycles. The summed E-state index contributed by atoms with van der Waals surface area (Å²) in [5.74, 6) is 0. The summed E-state index contributed by atoms with van der Waals surface area (Å²) in [5, 5.41) is 12.3. The summed E-state index contributed by atoms with van der Waals surface area (Å²) in [6.45, 7) is -0.130. The van der Waals surface area contributed by atoms with Gasteiger partial charge in [0, 0.05) is 21.3 Å². The maximum atomic E-state index is 9.24. The molecule has 0 aliphatic carbocycles. The fourth-order valence-electron chi connectivity index (χ4n) is 2.12. The Morgan fingerprint density at radius 2 is 1.75 bits per heavy atom. The van der Waals surface area contributed by atoms with Crippen LogP contribution in [0.2, 0.25) is 0 Å². The summed E-state index contributed by atoms with van der Waals surface area (Å²) in [5.41, 5.74) is 0. The van der Waals surface area contributed by atoms with Crippen LogP contribution < -0.4 is 5.32 Å². The molecule has 1 heterocycles. The molecule has 0 spiro atoms. The number of ether oxygens (including phenoxy) is 4. The largest absolute Gasteiger partial charge is 0.394 e. The Morgan fingerprint density at radius 1 is 1.12 bits per heavy atom. The van der Waals surface area contributed by atoms with E-state index in [0.29, 0.717) is 0 Å². The van der Waals surface area contributed by atoms with E-state index >= 15 is 0 Å². The van der Waals surface area contributed by atoms with E-state index in [1.54, 1.807) is 28.4 Å². The van der Waals surface area contributed by atoms with Gasteiger partial charge in [-0.05, 0) is 7.05 Å². The van der Waals surface area contributed by atoms with Gasteiger partial charge in [0.05, 0.1) is 12.6 Å². The zero-order valence-electron chi connectivity index (χ0n) is 10.2. The van der Waals surface area contributed by atoms with Crippen LogP contribution >= 0.6 is 0 Å². The minimum Gasteiger partial charge on any atom is -0.394 e. The van der Waals surface area contributed by atoms with Crippen LogP contribution in [0.1, 0.15) is 0 Å². The second-order valence-corrected chi connectivity index (χ2v) is 3.68. The number of aliphatic hydroxyl groups excluding tert-OH is 1. The Bertz CT molecular complexity index is 186. The Morgan fingerprint density at radius 3 is 2.12 bits per heavy atom. The first-order valence-electron chi connectivity index (χ1n) is 5.25. The predicted molar refractivity (Wildman–Crippen MR) is 57.2 cm³/mol. The molecule has 1 saturated heterocycles. The molecule has 1 fully saturated rings. The fraction of sp³-hybridized carbons (Fsp3) is 1.00. The molecule has 1 aliphatic rings. The van der Waals surface area contributed by atoms with Gasteiger partial charge in [0.25, 0.3) is 0 Å². The molecule has 0 bridgehead atoms. The lowest BCUT2D eigenvalue weighted by atomic mass is 9.96. The van der Waals surface area contributed by atoms with Crippen molar-refractivity contribution in [3.63, 3.8) is 0 Å². The molecule has 96 valence electrons. The molecule has 6 nitrogen and oxygen atoms in total. The maximum absolute atomic E-state index is 9.24. The molecule has 0 aromatic carbocycles. The van der Waals surface area contributed by atoms with Gasteiger partial charge in [-0.15, -0.1) is 0 Å². The molecule has 0 aromatic heterocycles. The van der Waals surface area contributed by atoms with Gasteiger partial charge in [0.2, 0.25) is 0 Å². The van der Waals surface area contributed by atoms with Crippen LogP contribution in [0.3, 0.4) is 0 Å². The van der Waals surface area contributed by atoms with Gasteiger partial charge >= 0.3 is 0 Å². The molecular weight excluding hydrogens is 214 g/mol. The minimum absolute atomic E-state index is 0.130. The number of hydrogen-bond donors (Lipinski definition) is 2. The lowest BCUT2D eigenvalue weighted by Gasteiger charge is -2.44. The predicted octanol–water partition coefficient (Wildman–Crippen LogP) is -1.03. The highest BCUT2D eigenvalue weighted by molar-refractivity contribution is 4.94. The Hall–Kier alpha value is -0.240. The van der Waals surface area contributed by atoms with Gasteiger partial charge < -0.3 is 29.4 Å². The van der Waals surface area contributed by atoms with Crippen molar-refractivity contribution in [2.75, 3.05) is 35.0 Å². The average molecular weight is 235 g/mol. The van der Waals surface area contributed by atoms with E-state index in [4.69, 9.17) is 18.9 Å². The molecule has 1 rings (SSSR count). The molecule has 5 atom stereocenters. The van der Waals surface area contributed by atoms with E-state index in [1.165, 1.54) is 0 Å². The van der Waals surface area contributed by atoms with E-state index < -0.39 is 12.4 Å². The summed E-state index contributed by atoms with van der Waals surface area (Å²) < 4.78 is 21.5. The van der Waals surface area contributed by atoms with Crippen LogP contribution in [-0.2, 0) is 18.9 Å². The maximum Gasteiger partial charge on any atom is 0.175 e. The number of nitrogens with one attached hydrogen (secondary N) is 1. The molecule has 2 N–H and O–H groups in total. The molecular formula is C10H21NO5. The van der Waals surface area contributed by atoms with Crippen molar-refractivity contribution in [2.45, 2.75) is 30.6 Å². The van der Waals surface area contributed by atoms with Crippen LogP contribution in [0.5, 0.6) is 0 Å². The standard InChI is InChI=1S/C10H21NO5/c1-11-7-9(14-3)8(13-2)6(5-12)16-10(7)15-4/h6-12H,5H2,1-4H3/t6?,7?,8-,9+,10+/m0/s1. The number of rotatable bonds is 5. The highest BCUT2D eigenvalue weighted by Gasteiger charge is 2.45. The molecule has 0 radical (unpaired) electrons. The summed E-state index contributed by atoms with van der Waals surface area (Å²) in [6, 6.07) is -0.136. The first kappa shape index (κ1) is 13.8. The first-order valence-corrected chi connectivity index (χ1v) is 5.25. The summed E-state index contributed by atoms with van der Waals surface area (Å²) in [6.07, 6.45) is -1.45. The molecule has 0 amide bonds. The Balaban J connectivity index is 2.85. The van der Waals surface area contributed by atoms with Crippen molar-refractivity contribution in [1.82, 2.24) is 5.32 Å². The monoisotopic (exact) mass is 235 g/mol. The highest BCUT2D eigenvalue weighted by Crippen LogP contribution is 2.25. The van der Waals surface area contributed by atoms with Crippen molar-refractivity contribution in [2.24, 2.45) is 0 Å². The minimum atomic E-state index is -0.460. The number of likely N-dealkylation sites (N-methyl/N-ethyl adjacent to an activating group) is 1. The Kier molecular flexibility index (Phi) is 5.60. The quantitative estimate of drug-likeness (QED) is 0.635. The number of aliphatic hydroxyl groups is 1. The van der Waals surface area contributed by atoms with Gasteiger partial charge in [0.1, 0.15) is 18.3 Å². The van der Waals surface area contributed by atoms with Crippen LogP contribution in [0, 0.1) is 0 Å². The van der Waals surface area contributed by atoms with E-state index in [9.17, 15) is 5.11 Å². The zero-order chi connectivity index (χ0) is 12.1. The van der Waals surface area contributed by atoms with Crippen molar-refractivity contribution >= 4 is 0 Å². The van der Waals surface area contributed by atoms with E-state index in [2.05, 4.69) is 5.32 Å². The summed E-state index contributed by atoms with van der Waals surface area (Å²) >= 11 is 0. The molecule has 6 heteroatoms. The topological polar surface area (TPSA) is 69.2 Å². The lowest BCUT2D eigenvalue weighted by molar-refractivity contribution is -0.271. The highest BCUT2D eigenvalue weighted by atomic mass is 16.7. The van der Waals surface area contributed by atoms with Gasteiger partial charge in [0.15, 0.2) is 6.29 Å². The number of methoxy groups -OCH3 is 3. The van der Waals surface area contributed by atoms with Gasteiger partial charge in [-0.1, -0.05) is 0 Å². The molecule has 0 aromatic rings. The van der Waals surface area contributed by atoms with Gasteiger partial charge in [-0.2, -0.15) is 0 Å². The summed E-state index contributed by atoms with van der Waals surface area (Å²) in [7, 11) is 6.54. The van der Waals surface area contributed by atoms with Gasteiger partial charge in [-0.25, -0.2) is 0 Å². The van der Waals surface area contributed by atoms with E-state index in [-0.39, 0.29) is 24.9 Å². The van der Waals surface area contributed by atoms with Crippen molar-refractivity contribution in [3.05, 3.63) is 0 Å². The van der Waals surface area contributed by atoms with E-state index in [0.717, 1.165) is 0 Å². The average Bonchev–Trinajstić information content (AvgIpc) is 2.35. The van der Waals surface area contributed by atoms with Crippen molar-refractivity contribution in [1.29, 1.82) is 0 Å². The third-order valence-corrected chi connectivity index (χ3v) is 2.94. The van der Waals surface area contributed by atoms with Crippen LogP contribution in [0.15, 0.2) is 0 Å². The smallest absolute Gasteiger partial charge is 0.175 e. The molecule has 2 unspecified atom stereocenters. The van der Waals surface area contributed by atoms with Crippen LogP contribution in [0.25, 0.3) is 0 Å². The van der Waals surface area contributed by atoms with Crippen LogP contribution in [-0.4, -0.2) is 70.7 Å².